The highest BCUT2D eigenvalue weighted by atomic mass is 16.2. The number of aromatic nitrogens is 2. The van der Waals surface area contributed by atoms with Gasteiger partial charge in [0.25, 0.3) is 11.5 Å². The molecule has 27 heavy (non-hydrogen) atoms. The summed E-state index contributed by atoms with van der Waals surface area (Å²) < 4.78 is 3.37. The Kier molecular flexibility index (Phi) is 4.07. The van der Waals surface area contributed by atoms with Crippen LogP contribution in [0.1, 0.15) is 15.9 Å². The number of hydrogen-bond acceptors (Lipinski definition) is 2. The molecule has 5 heteroatoms. The average molecular weight is 359 g/mol. The Hall–Kier alpha value is -3.34. The second kappa shape index (κ2) is 6.43. The molecule has 1 amide bonds. The highest BCUT2D eigenvalue weighted by Gasteiger charge is 2.22. The van der Waals surface area contributed by atoms with E-state index in [9.17, 15) is 9.59 Å². The Morgan fingerprint density at radius 2 is 1.67 bits per heavy atom. The first-order chi connectivity index (χ1) is 13.0. The van der Waals surface area contributed by atoms with Gasteiger partial charge in [-0.1, -0.05) is 48.5 Å². The standard InChI is InChI=1S/C22H21N3O2/c1-23(13-15-9-5-4-6-10-15)21(26)17-14-24(2)22(27)20-19(17)16-11-7-8-12-18(16)25(20)3/h4-12,14H,13H2,1-3H3. The zero-order chi connectivity index (χ0) is 19.1. The second-order valence-corrected chi connectivity index (χ2v) is 6.91. The quantitative estimate of drug-likeness (QED) is 0.563. The molecule has 0 spiro atoms. The minimum absolute atomic E-state index is 0.101. The van der Waals surface area contributed by atoms with Gasteiger partial charge in [0, 0.05) is 50.2 Å². The van der Waals surface area contributed by atoms with Gasteiger partial charge in [0.15, 0.2) is 0 Å². The lowest BCUT2D eigenvalue weighted by molar-refractivity contribution is 0.0786. The third-order valence-electron chi connectivity index (χ3n) is 5.06. The number of fused-ring (bicyclic) bond motifs is 3. The summed E-state index contributed by atoms with van der Waals surface area (Å²) in [5.74, 6) is -0.101. The number of rotatable bonds is 3. The molecule has 0 saturated heterocycles. The van der Waals surface area contributed by atoms with E-state index in [0.717, 1.165) is 21.9 Å². The molecule has 0 aliphatic rings. The van der Waals surface area contributed by atoms with E-state index in [1.165, 1.54) is 4.57 Å². The third kappa shape index (κ3) is 2.72. The Balaban J connectivity index is 1.91. The Morgan fingerprint density at radius 3 is 2.41 bits per heavy atom. The molecule has 0 saturated carbocycles. The highest BCUT2D eigenvalue weighted by Crippen LogP contribution is 2.29. The summed E-state index contributed by atoms with van der Waals surface area (Å²) in [6.07, 6.45) is 1.65. The Morgan fingerprint density at radius 1 is 1.00 bits per heavy atom. The molecule has 0 aliphatic carbocycles. The zero-order valence-corrected chi connectivity index (χ0v) is 15.6. The van der Waals surface area contributed by atoms with E-state index in [-0.39, 0.29) is 11.5 Å². The van der Waals surface area contributed by atoms with E-state index in [1.54, 1.807) is 25.2 Å². The van der Waals surface area contributed by atoms with Crippen LogP contribution in [0, 0.1) is 0 Å². The summed E-state index contributed by atoms with van der Waals surface area (Å²) in [7, 11) is 5.35. The minimum Gasteiger partial charge on any atom is -0.339 e. The Labute approximate surface area is 157 Å². The molecule has 4 rings (SSSR count). The van der Waals surface area contributed by atoms with E-state index < -0.39 is 0 Å². The number of carbonyl (C=O) groups is 1. The molecule has 0 aliphatic heterocycles. The molecule has 0 N–H and O–H groups in total. The summed E-state index contributed by atoms with van der Waals surface area (Å²) >= 11 is 0. The molecule has 136 valence electrons. The van der Waals surface area contributed by atoms with Gasteiger partial charge in [-0.05, 0) is 11.6 Å². The average Bonchev–Trinajstić information content (AvgIpc) is 2.98. The third-order valence-corrected chi connectivity index (χ3v) is 5.06. The normalized spacial score (nSPS) is 11.2. The van der Waals surface area contributed by atoms with Crippen molar-refractivity contribution in [2.24, 2.45) is 14.1 Å². The monoisotopic (exact) mass is 359 g/mol. The molecule has 2 aromatic carbocycles. The molecular formula is C22H21N3O2. The second-order valence-electron chi connectivity index (χ2n) is 6.91. The molecule has 0 atom stereocenters. The smallest absolute Gasteiger partial charge is 0.274 e. The number of pyridine rings is 1. The number of hydrogen-bond donors (Lipinski definition) is 0. The van der Waals surface area contributed by atoms with Gasteiger partial charge < -0.3 is 14.0 Å². The van der Waals surface area contributed by atoms with Crippen LogP contribution in [-0.2, 0) is 20.6 Å². The van der Waals surface area contributed by atoms with Crippen molar-refractivity contribution in [1.82, 2.24) is 14.0 Å². The summed E-state index contributed by atoms with van der Waals surface area (Å²) in [5, 5.41) is 1.64. The minimum atomic E-state index is -0.106. The van der Waals surface area contributed by atoms with Gasteiger partial charge in [-0.15, -0.1) is 0 Å². The van der Waals surface area contributed by atoms with Crippen LogP contribution in [0.25, 0.3) is 21.8 Å². The molecule has 0 radical (unpaired) electrons. The molecule has 5 nitrogen and oxygen atoms in total. The van der Waals surface area contributed by atoms with Crippen molar-refractivity contribution >= 4 is 27.7 Å². The zero-order valence-electron chi connectivity index (χ0n) is 15.6. The van der Waals surface area contributed by atoms with Crippen molar-refractivity contribution in [2.75, 3.05) is 7.05 Å². The van der Waals surface area contributed by atoms with Crippen molar-refractivity contribution in [3.8, 4) is 0 Å². The number of nitrogens with zero attached hydrogens (tertiary/aromatic N) is 3. The number of carbonyl (C=O) groups excluding carboxylic acids is 1. The number of para-hydroxylation sites is 1. The topological polar surface area (TPSA) is 47.2 Å². The summed E-state index contributed by atoms with van der Waals surface area (Å²) in [6.45, 7) is 0.509. The van der Waals surface area contributed by atoms with Crippen LogP contribution in [0.15, 0.2) is 65.6 Å². The number of benzene rings is 2. The number of amides is 1. The molecule has 4 aromatic rings. The van der Waals surface area contributed by atoms with Crippen molar-refractivity contribution < 1.29 is 4.79 Å². The maximum atomic E-state index is 13.3. The molecular weight excluding hydrogens is 338 g/mol. The maximum absolute atomic E-state index is 13.3. The van der Waals surface area contributed by atoms with Crippen molar-refractivity contribution in [1.29, 1.82) is 0 Å². The van der Waals surface area contributed by atoms with E-state index in [2.05, 4.69) is 0 Å². The van der Waals surface area contributed by atoms with Crippen molar-refractivity contribution in [3.05, 3.63) is 82.3 Å². The van der Waals surface area contributed by atoms with Crippen LogP contribution in [-0.4, -0.2) is 27.0 Å². The summed E-state index contributed by atoms with van der Waals surface area (Å²) in [5.41, 5.74) is 2.99. The lowest BCUT2D eigenvalue weighted by atomic mass is 10.1. The van der Waals surface area contributed by atoms with Crippen LogP contribution in [0.5, 0.6) is 0 Å². The highest BCUT2D eigenvalue weighted by molar-refractivity contribution is 6.17. The van der Waals surface area contributed by atoms with Gasteiger partial charge in [0.2, 0.25) is 0 Å². The van der Waals surface area contributed by atoms with E-state index in [4.69, 9.17) is 0 Å². The van der Waals surface area contributed by atoms with Crippen LogP contribution >= 0.6 is 0 Å². The fourth-order valence-electron chi connectivity index (χ4n) is 3.70. The molecule has 2 aromatic heterocycles. The van der Waals surface area contributed by atoms with Crippen LogP contribution < -0.4 is 5.56 Å². The fourth-order valence-corrected chi connectivity index (χ4v) is 3.70. The first kappa shape index (κ1) is 17.1. The molecule has 2 heterocycles. The first-order valence-electron chi connectivity index (χ1n) is 8.85. The lowest BCUT2D eigenvalue weighted by Gasteiger charge is -2.18. The van der Waals surface area contributed by atoms with E-state index in [1.807, 2.05) is 66.2 Å². The fraction of sp³-hybridized carbons (Fsp3) is 0.182. The predicted molar refractivity (Wildman–Crippen MR) is 108 cm³/mol. The van der Waals surface area contributed by atoms with Crippen molar-refractivity contribution in [3.63, 3.8) is 0 Å². The van der Waals surface area contributed by atoms with E-state index >= 15 is 0 Å². The van der Waals surface area contributed by atoms with Gasteiger partial charge in [-0.3, -0.25) is 9.59 Å². The van der Waals surface area contributed by atoms with Crippen LogP contribution in [0.2, 0.25) is 0 Å². The summed E-state index contributed by atoms with van der Waals surface area (Å²) in [4.78, 5) is 27.7. The summed E-state index contributed by atoms with van der Waals surface area (Å²) in [6, 6.07) is 17.7. The van der Waals surface area contributed by atoms with Crippen molar-refractivity contribution in [2.45, 2.75) is 6.54 Å². The van der Waals surface area contributed by atoms with E-state index in [0.29, 0.717) is 17.6 Å². The van der Waals surface area contributed by atoms with Gasteiger partial charge in [-0.25, -0.2) is 0 Å². The lowest BCUT2D eigenvalue weighted by Crippen LogP contribution is -2.29. The predicted octanol–water partition coefficient (Wildman–Crippen LogP) is 3.30. The molecule has 0 fully saturated rings. The molecule has 0 unspecified atom stereocenters. The van der Waals surface area contributed by atoms with Crippen LogP contribution in [0.3, 0.4) is 0 Å². The van der Waals surface area contributed by atoms with Gasteiger partial charge in [-0.2, -0.15) is 0 Å². The van der Waals surface area contributed by atoms with Gasteiger partial charge >= 0.3 is 0 Å². The first-order valence-corrected chi connectivity index (χ1v) is 8.85. The molecule has 0 bridgehead atoms. The Bertz CT molecular complexity index is 1220. The largest absolute Gasteiger partial charge is 0.339 e. The van der Waals surface area contributed by atoms with Gasteiger partial charge in [0.05, 0.1) is 5.56 Å². The maximum Gasteiger partial charge on any atom is 0.274 e. The van der Waals surface area contributed by atoms with Gasteiger partial charge in [0.1, 0.15) is 5.52 Å². The van der Waals surface area contributed by atoms with Crippen LogP contribution in [0.4, 0.5) is 0 Å². The number of aryl methyl sites for hydroxylation is 2. The SMILES string of the molecule is CN(Cc1ccccc1)C(=O)c1cn(C)c(=O)c2c1c1ccccc1n2C.